The van der Waals surface area contributed by atoms with Crippen LogP contribution in [0, 0.1) is 0 Å². The highest BCUT2D eigenvalue weighted by molar-refractivity contribution is 5.81. The van der Waals surface area contributed by atoms with E-state index in [1.54, 1.807) is 0 Å². The average molecular weight is 270 g/mol. The maximum atomic E-state index is 12.3. The number of hydrogen-bond donors (Lipinski definition) is 1. The molecule has 0 aliphatic carbocycles. The van der Waals surface area contributed by atoms with E-state index in [0.29, 0.717) is 32.3 Å². The number of nitrogens with zero attached hydrogens (tertiary/aromatic N) is 1. The van der Waals surface area contributed by atoms with Gasteiger partial charge in [0.25, 0.3) is 0 Å². The number of hydrogen-bond acceptors (Lipinski definition) is 4. The molecule has 1 N–H and O–H groups in total. The standard InChI is InChI=1S/C14H26N2O3/c1-10-8-13(9-11(2)19-10)15-12(3)14(17)16-4-6-18-7-5-16/h10-13,15H,4-9H2,1-3H3. The van der Waals surface area contributed by atoms with Gasteiger partial charge < -0.3 is 19.7 Å². The second kappa shape index (κ2) is 6.68. The molecule has 110 valence electrons. The van der Waals surface area contributed by atoms with Crippen molar-refractivity contribution in [1.29, 1.82) is 0 Å². The Bertz CT molecular complexity index is 295. The molecule has 0 spiro atoms. The molecule has 2 fully saturated rings. The third-order valence-corrected chi connectivity index (χ3v) is 3.88. The number of amides is 1. The molecule has 2 saturated heterocycles. The van der Waals surface area contributed by atoms with E-state index < -0.39 is 0 Å². The lowest BCUT2D eigenvalue weighted by Gasteiger charge is -2.35. The molecular weight excluding hydrogens is 244 g/mol. The van der Waals surface area contributed by atoms with E-state index in [1.165, 1.54) is 0 Å². The van der Waals surface area contributed by atoms with E-state index >= 15 is 0 Å². The van der Waals surface area contributed by atoms with Crippen molar-refractivity contribution in [3.63, 3.8) is 0 Å². The van der Waals surface area contributed by atoms with Crippen LogP contribution in [0.15, 0.2) is 0 Å². The van der Waals surface area contributed by atoms with Gasteiger partial charge in [-0.1, -0.05) is 0 Å². The van der Waals surface area contributed by atoms with Crippen LogP contribution in [0.1, 0.15) is 33.6 Å². The number of ether oxygens (including phenoxy) is 2. The Labute approximate surface area is 115 Å². The number of morpholine rings is 1. The van der Waals surface area contributed by atoms with Gasteiger partial charge in [-0.2, -0.15) is 0 Å². The zero-order valence-electron chi connectivity index (χ0n) is 12.2. The van der Waals surface area contributed by atoms with E-state index in [2.05, 4.69) is 19.2 Å². The topological polar surface area (TPSA) is 50.8 Å². The molecule has 2 heterocycles. The summed E-state index contributed by atoms with van der Waals surface area (Å²) < 4.78 is 11.0. The minimum Gasteiger partial charge on any atom is -0.378 e. The monoisotopic (exact) mass is 270 g/mol. The molecule has 0 radical (unpaired) electrons. The van der Waals surface area contributed by atoms with Crippen LogP contribution in [0.3, 0.4) is 0 Å². The normalized spacial score (nSPS) is 34.1. The lowest BCUT2D eigenvalue weighted by Crippen LogP contribution is -2.53. The molecule has 0 aromatic heterocycles. The summed E-state index contributed by atoms with van der Waals surface area (Å²) >= 11 is 0. The number of carbonyl (C=O) groups is 1. The summed E-state index contributed by atoms with van der Waals surface area (Å²) in [5.41, 5.74) is 0. The predicted molar refractivity (Wildman–Crippen MR) is 73.0 cm³/mol. The van der Waals surface area contributed by atoms with Gasteiger partial charge in [0.05, 0.1) is 31.5 Å². The first kappa shape index (κ1) is 14.8. The van der Waals surface area contributed by atoms with Crippen molar-refractivity contribution in [1.82, 2.24) is 10.2 Å². The minimum atomic E-state index is -0.124. The molecule has 0 aromatic rings. The predicted octanol–water partition coefficient (Wildman–Crippen LogP) is 0.779. The van der Waals surface area contributed by atoms with Gasteiger partial charge in [0.15, 0.2) is 0 Å². The summed E-state index contributed by atoms with van der Waals surface area (Å²) in [6.07, 6.45) is 2.50. The molecule has 3 unspecified atom stereocenters. The number of rotatable bonds is 3. The molecule has 1 amide bonds. The SMILES string of the molecule is CC1CC(NC(C)C(=O)N2CCOCC2)CC(C)O1. The second-order valence-corrected chi connectivity index (χ2v) is 5.75. The van der Waals surface area contributed by atoms with Gasteiger partial charge >= 0.3 is 0 Å². The van der Waals surface area contributed by atoms with Crippen LogP contribution in [-0.4, -0.2) is 61.4 Å². The first-order valence-corrected chi connectivity index (χ1v) is 7.34. The summed E-state index contributed by atoms with van der Waals surface area (Å²) in [5.74, 6) is 0.190. The van der Waals surface area contributed by atoms with Crippen LogP contribution < -0.4 is 5.32 Å². The van der Waals surface area contributed by atoms with E-state index in [1.807, 2.05) is 11.8 Å². The second-order valence-electron chi connectivity index (χ2n) is 5.75. The molecule has 2 rings (SSSR count). The first-order valence-electron chi connectivity index (χ1n) is 7.34. The number of nitrogens with one attached hydrogen (secondary N) is 1. The molecule has 19 heavy (non-hydrogen) atoms. The molecule has 5 heteroatoms. The van der Waals surface area contributed by atoms with Crippen molar-refractivity contribution in [2.24, 2.45) is 0 Å². The lowest BCUT2D eigenvalue weighted by molar-refractivity contribution is -0.137. The van der Waals surface area contributed by atoms with Gasteiger partial charge in [0.1, 0.15) is 0 Å². The zero-order valence-corrected chi connectivity index (χ0v) is 12.2. The maximum absolute atomic E-state index is 12.3. The molecular formula is C14H26N2O3. The molecule has 3 atom stereocenters. The van der Waals surface area contributed by atoms with Gasteiger partial charge in [0.2, 0.25) is 5.91 Å². The fraction of sp³-hybridized carbons (Fsp3) is 0.929. The molecule has 0 bridgehead atoms. The maximum Gasteiger partial charge on any atom is 0.239 e. The fourth-order valence-corrected chi connectivity index (χ4v) is 3.02. The Morgan fingerprint density at radius 2 is 1.79 bits per heavy atom. The van der Waals surface area contributed by atoms with E-state index in [-0.39, 0.29) is 24.2 Å². The minimum absolute atomic E-state index is 0.124. The third kappa shape index (κ3) is 4.16. The van der Waals surface area contributed by atoms with Crippen LogP contribution in [-0.2, 0) is 14.3 Å². The Morgan fingerprint density at radius 3 is 2.37 bits per heavy atom. The number of carbonyl (C=O) groups excluding carboxylic acids is 1. The largest absolute Gasteiger partial charge is 0.378 e. The van der Waals surface area contributed by atoms with E-state index in [0.717, 1.165) is 12.8 Å². The van der Waals surface area contributed by atoms with Crippen LogP contribution >= 0.6 is 0 Å². The van der Waals surface area contributed by atoms with Gasteiger partial charge in [-0.25, -0.2) is 0 Å². The summed E-state index contributed by atoms with van der Waals surface area (Å²) in [4.78, 5) is 14.2. The molecule has 0 aromatic carbocycles. The quantitative estimate of drug-likeness (QED) is 0.823. The molecule has 0 saturated carbocycles. The summed E-state index contributed by atoms with van der Waals surface area (Å²) in [5, 5.41) is 3.46. The Morgan fingerprint density at radius 1 is 1.21 bits per heavy atom. The Kier molecular flexibility index (Phi) is 5.19. The van der Waals surface area contributed by atoms with Crippen LogP contribution in [0.5, 0.6) is 0 Å². The highest BCUT2D eigenvalue weighted by Gasteiger charge is 2.28. The van der Waals surface area contributed by atoms with Crippen LogP contribution in [0.25, 0.3) is 0 Å². The summed E-state index contributed by atoms with van der Waals surface area (Å²) in [7, 11) is 0. The third-order valence-electron chi connectivity index (χ3n) is 3.88. The highest BCUT2D eigenvalue weighted by Crippen LogP contribution is 2.19. The van der Waals surface area contributed by atoms with Crippen molar-refractivity contribution in [3.8, 4) is 0 Å². The van der Waals surface area contributed by atoms with Gasteiger partial charge in [0, 0.05) is 19.1 Å². The van der Waals surface area contributed by atoms with Gasteiger partial charge in [-0.15, -0.1) is 0 Å². The lowest BCUT2D eigenvalue weighted by atomic mass is 9.99. The van der Waals surface area contributed by atoms with Crippen LogP contribution in [0.4, 0.5) is 0 Å². The first-order chi connectivity index (χ1) is 9.06. The Hall–Kier alpha value is -0.650. The smallest absolute Gasteiger partial charge is 0.239 e. The molecule has 2 aliphatic heterocycles. The van der Waals surface area contributed by atoms with E-state index in [9.17, 15) is 4.79 Å². The van der Waals surface area contributed by atoms with Gasteiger partial charge in [-0.05, 0) is 33.6 Å². The van der Waals surface area contributed by atoms with Crippen molar-refractivity contribution in [2.45, 2.75) is 57.9 Å². The highest BCUT2D eigenvalue weighted by atomic mass is 16.5. The van der Waals surface area contributed by atoms with Crippen molar-refractivity contribution < 1.29 is 14.3 Å². The van der Waals surface area contributed by atoms with Gasteiger partial charge in [-0.3, -0.25) is 4.79 Å². The molecule has 2 aliphatic rings. The zero-order chi connectivity index (χ0) is 13.8. The van der Waals surface area contributed by atoms with E-state index in [4.69, 9.17) is 9.47 Å². The molecule has 5 nitrogen and oxygen atoms in total. The summed E-state index contributed by atoms with van der Waals surface area (Å²) in [6.45, 7) is 8.89. The average Bonchev–Trinajstić information content (AvgIpc) is 2.37. The fourth-order valence-electron chi connectivity index (χ4n) is 3.02. The van der Waals surface area contributed by atoms with Crippen molar-refractivity contribution in [2.75, 3.05) is 26.3 Å². The Balaban J connectivity index is 1.82. The summed E-state index contributed by atoms with van der Waals surface area (Å²) in [6, 6.07) is 0.249. The van der Waals surface area contributed by atoms with Crippen molar-refractivity contribution in [3.05, 3.63) is 0 Å². The van der Waals surface area contributed by atoms with Crippen LogP contribution in [0.2, 0.25) is 0 Å². The van der Waals surface area contributed by atoms with Crippen molar-refractivity contribution >= 4 is 5.91 Å².